The molecular weight excluding hydrogens is 284 g/mol. The van der Waals surface area contributed by atoms with Gasteiger partial charge in [-0.2, -0.15) is 0 Å². The van der Waals surface area contributed by atoms with Crippen LogP contribution in [0.15, 0.2) is 0 Å². The molecule has 0 unspecified atom stereocenters. The normalized spacial score (nSPS) is 21.1. The first kappa shape index (κ1) is 14.8. The van der Waals surface area contributed by atoms with Crippen LogP contribution in [0.1, 0.15) is 67.2 Å². The molecule has 1 aromatic heterocycles. The number of aromatic nitrogens is 1. The monoisotopic (exact) mass is 308 g/mol. The lowest BCUT2D eigenvalue weighted by Gasteiger charge is -2.39. The van der Waals surface area contributed by atoms with Crippen molar-refractivity contribution in [2.75, 3.05) is 18.0 Å². The van der Waals surface area contributed by atoms with Crippen molar-refractivity contribution in [1.29, 1.82) is 0 Å². The third kappa shape index (κ3) is 2.93. The van der Waals surface area contributed by atoms with Crippen molar-refractivity contribution in [3.8, 4) is 0 Å². The molecule has 5 heteroatoms. The number of aryl methyl sites for hydroxylation is 1. The zero-order valence-corrected chi connectivity index (χ0v) is 13.5. The SMILES string of the molecule is CCCc1nc(N2CCC3(CCCC3)CC2)sc1C(=O)O. The first-order valence-corrected chi connectivity index (χ1v) is 8.93. The van der Waals surface area contributed by atoms with Gasteiger partial charge in [-0.1, -0.05) is 37.5 Å². The standard InChI is InChI=1S/C16H24N2O2S/c1-2-5-12-13(14(19)20)21-15(17-12)18-10-8-16(9-11-18)6-3-4-7-16/h2-11H2,1H3,(H,19,20). The van der Waals surface area contributed by atoms with E-state index in [1.54, 1.807) is 0 Å². The first-order chi connectivity index (χ1) is 10.1. The quantitative estimate of drug-likeness (QED) is 0.915. The summed E-state index contributed by atoms with van der Waals surface area (Å²) >= 11 is 1.36. The summed E-state index contributed by atoms with van der Waals surface area (Å²) in [6, 6.07) is 0. The van der Waals surface area contributed by atoms with Gasteiger partial charge in [0.15, 0.2) is 5.13 Å². The third-order valence-electron chi connectivity index (χ3n) is 5.13. The highest BCUT2D eigenvalue weighted by atomic mass is 32.1. The number of carbonyl (C=O) groups is 1. The zero-order chi connectivity index (χ0) is 14.9. The Balaban J connectivity index is 1.72. The minimum atomic E-state index is -0.827. The number of rotatable bonds is 4. The Hall–Kier alpha value is -1.10. The summed E-state index contributed by atoms with van der Waals surface area (Å²) in [6.45, 7) is 4.14. The fourth-order valence-corrected chi connectivity index (χ4v) is 4.85. The molecule has 1 aromatic rings. The molecule has 0 bridgehead atoms. The fraction of sp³-hybridized carbons (Fsp3) is 0.750. The first-order valence-electron chi connectivity index (χ1n) is 8.11. The molecule has 116 valence electrons. The summed E-state index contributed by atoms with van der Waals surface area (Å²) in [4.78, 5) is 18.7. The molecular formula is C16H24N2O2S. The highest BCUT2D eigenvalue weighted by molar-refractivity contribution is 7.17. The molecule has 2 heterocycles. The summed E-state index contributed by atoms with van der Waals surface area (Å²) in [7, 11) is 0. The predicted octanol–water partition coefficient (Wildman–Crippen LogP) is 3.95. The smallest absolute Gasteiger partial charge is 0.347 e. The number of aromatic carboxylic acids is 1. The average Bonchev–Trinajstić information content (AvgIpc) is 3.08. The van der Waals surface area contributed by atoms with Crippen molar-refractivity contribution in [2.24, 2.45) is 5.41 Å². The van der Waals surface area contributed by atoms with E-state index in [9.17, 15) is 9.90 Å². The molecule has 0 radical (unpaired) electrons. The van der Waals surface area contributed by atoms with E-state index in [0.717, 1.165) is 36.8 Å². The second-order valence-electron chi connectivity index (χ2n) is 6.52. The number of anilines is 1. The van der Waals surface area contributed by atoms with Crippen molar-refractivity contribution in [2.45, 2.75) is 58.3 Å². The van der Waals surface area contributed by atoms with Crippen LogP contribution in [0.5, 0.6) is 0 Å². The molecule has 4 nitrogen and oxygen atoms in total. The van der Waals surface area contributed by atoms with E-state index in [-0.39, 0.29) is 0 Å². The predicted molar refractivity (Wildman–Crippen MR) is 85.4 cm³/mol. The summed E-state index contributed by atoms with van der Waals surface area (Å²) in [5.74, 6) is -0.827. The lowest BCUT2D eigenvalue weighted by atomic mass is 9.77. The Labute approximate surface area is 130 Å². The lowest BCUT2D eigenvalue weighted by molar-refractivity contribution is 0.0700. The maximum atomic E-state index is 11.3. The Morgan fingerprint density at radius 1 is 1.29 bits per heavy atom. The molecule has 0 amide bonds. The molecule has 1 saturated carbocycles. The van der Waals surface area contributed by atoms with E-state index in [2.05, 4.69) is 16.8 Å². The van der Waals surface area contributed by atoms with Gasteiger partial charge in [0.25, 0.3) is 0 Å². The van der Waals surface area contributed by atoms with Crippen LogP contribution in [0.3, 0.4) is 0 Å². The van der Waals surface area contributed by atoms with Gasteiger partial charge in [-0.15, -0.1) is 0 Å². The molecule has 21 heavy (non-hydrogen) atoms. The Kier molecular flexibility index (Phi) is 4.20. The number of thiazole rings is 1. The van der Waals surface area contributed by atoms with Gasteiger partial charge >= 0.3 is 5.97 Å². The molecule has 2 fully saturated rings. The maximum Gasteiger partial charge on any atom is 0.347 e. The molecule has 0 aromatic carbocycles. The van der Waals surface area contributed by atoms with Crippen LogP contribution in [-0.4, -0.2) is 29.1 Å². The second-order valence-corrected chi connectivity index (χ2v) is 7.50. The molecule has 0 atom stereocenters. The summed E-state index contributed by atoms with van der Waals surface area (Å²) in [6.07, 6.45) is 9.75. The second kappa shape index (κ2) is 5.95. The molecule has 2 aliphatic rings. The van der Waals surface area contributed by atoms with Gasteiger partial charge < -0.3 is 10.0 Å². The topological polar surface area (TPSA) is 53.4 Å². The average molecular weight is 308 g/mol. The van der Waals surface area contributed by atoms with Gasteiger partial charge in [-0.3, -0.25) is 0 Å². The van der Waals surface area contributed by atoms with Gasteiger partial charge in [-0.25, -0.2) is 9.78 Å². The molecule has 1 aliphatic carbocycles. The van der Waals surface area contributed by atoms with Crippen LogP contribution in [-0.2, 0) is 6.42 Å². The summed E-state index contributed by atoms with van der Waals surface area (Å²) in [5, 5.41) is 10.2. The number of carboxylic acid groups (broad SMARTS) is 1. The number of hydrogen-bond donors (Lipinski definition) is 1. The molecule has 1 N–H and O–H groups in total. The Bertz CT molecular complexity index is 510. The summed E-state index contributed by atoms with van der Waals surface area (Å²) in [5.41, 5.74) is 1.36. The highest BCUT2D eigenvalue weighted by Gasteiger charge is 2.37. The van der Waals surface area contributed by atoms with Crippen LogP contribution in [0, 0.1) is 5.41 Å². The van der Waals surface area contributed by atoms with Crippen molar-refractivity contribution >= 4 is 22.4 Å². The van der Waals surface area contributed by atoms with Gasteiger partial charge in [0.2, 0.25) is 0 Å². The van der Waals surface area contributed by atoms with Crippen LogP contribution < -0.4 is 4.90 Å². The van der Waals surface area contributed by atoms with Gasteiger partial charge in [0.05, 0.1) is 5.69 Å². The number of piperidine rings is 1. The Morgan fingerprint density at radius 2 is 1.95 bits per heavy atom. The molecule has 3 rings (SSSR count). The largest absolute Gasteiger partial charge is 0.477 e. The third-order valence-corrected chi connectivity index (χ3v) is 6.27. The van der Waals surface area contributed by atoms with E-state index >= 15 is 0 Å². The van der Waals surface area contributed by atoms with Crippen molar-refractivity contribution in [1.82, 2.24) is 4.98 Å². The van der Waals surface area contributed by atoms with Crippen molar-refractivity contribution in [3.05, 3.63) is 10.6 Å². The molecule has 1 saturated heterocycles. The number of carboxylic acids is 1. The van der Waals surface area contributed by atoms with Crippen LogP contribution in [0.25, 0.3) is 0 Å². The zero-order valence-electron chi connectivity index (χ0n) is 12.7. The fourth-order valence-electron chi connectivity index (χ4n) is 3.85. The van der Waals surface area contributed by atoms with E-state index in [1.807, 2.05) is 0 Å². The van der Waals surface area contributed by atoms with Gasteiger partial charge in [-0.05, 0) is 37.5 Å². The molecule has 1 aliphatic heterocycles. The number of hydrogen-bond acceptors (Lipinski definition) is 4. The number of nitrogens with zero attached hydrogens (tertiary/aromatic N) is 2. The maximum absolute atomic E-state index is 11.3. The van der Waals surface area contributed by atoms with E-state index in [4.69, 9.17) is 0 Å². The van der Waals surface area contributed by atoms with Gasteiger partial charge in [0, 0.05) is 13.1 Å². The van der Waals surface area contributed by atoms with E-state index in [0.29, 0.717) is 10.3 Å². The van der Waals surface area contributed by atoms with E-state index in [1.165, 1.54) is 49.9 Å². The highest BCUT2D eigenvalue weighted by Crippen LogP contribution is 2.47. The van der Waals surface area contributed by atoms with E-state index < -0.39 is 5.97 Å². The van der Waals surface area contributed by atoms with Crippen LogP contribution >= 0.6 is 11.3 Å². The minimum absolute atomic E-state index is 0.438. The van der Waals surface area contributed by atoms with Crippen LogP contribution in [0.4, 0.5) is 5.13 Å². The van der Waals surface area contributed by atoms with Crippen molar-refractivity contribution in [3.63, 3.8) is 0 Å². The molecule has 1 spiro atoms. The summed E-state index contributed by atoms with van der Waals surface area (Å²) < 4.78 is 0. The van der Waals surface area contributed by atoms with Gasteiger partial charge in [0.1, 0.15) is 4.88 Å². The minimum Gasteiger partial charge on any atom is -0.477 e. The Morgan fingerprint density at radius 3 is 2.52 bits per heavy atom. The van der Waals surface area contributed by atoms with Crippen molar-refractivity contribution < 1.29 is 9.90 Å². The van der Waals surface area contributed by atoms with Crippen LogP contribution in [0.2, 0.25) is 0 Å². The lowest BCUT2D eigenvalue weighted by Crippen LogP contribution is -2.38.